The predicted octanol–water partition coefficient (Wildman–Crippen LogP) is 4.29. The van der Waals surface area contributed by atoms with Crippen molar-refractivity contribution in [2.45, 2.75) is 83.8 Å². The largest absolute Gasteiger partial charge is 0.487 e. The van der Waals surface area contributed by atoms with Crippen LogP contribution in [-0.4, -0.2) is 18.3 Å². The zero-order chi connectivity index (χ0) is 13.7. The molecular weight excluding hydrogens is 235 g/mol. The summed E-state index contributed by atoms with van der Waals surface area (Å²) in [5.41, 5.74) is 1.73. The summed E-state index contributed by atoms with van der Waals surface area (Å²) in [5, 5.41) is 0. The van der Waals surface area contributed by atoms with Gasteiger partial charge in [0.05, 0.1) is 11.2 Å². The first-order chi connectivity index (χ1) is 8.85. The maximum Gasteiger partial charge on any atom is 0.487 e. The first kappa shape index (κ1) is 13.7. The minimum Gasteiger partial charge on any atom is -0.400 e. The van der Waals surface area contributed by atoms with E-state index in [0.717, 1.165) is 0 Å². The SMILES string of the molecule is CC1(C)OB(/C=C2/CCC23CCCCC3)OC1(C)C. The van der Waals surface area contributed by atoms with Crippen LogP contribution in [0.15, 0.2) is 11.5 Å². The Balaban J connectivity index is 1.73. The maximum absolute atomic E-state index is 6.11. The fourth-order valence-corrected chi connectivity index (χ4v) is 3.80. The molecule has 2 saturated carbocycles. The standard InChI is InChI=1S/C16H27BO2/c1-14(2)15(3,4)19-17(18-14)12-13-8-11-16(13)9-6-5-7-10-16/h12H,5-11H2,1-4H3/b13-12-. The molecule has 0 radical (unpaired) electrons. The van der Waals surface area contributed by atoms with E-state index in [1.165, 1.54) is 44.9 Å². The van der Waals surface area contributed by atoms with Crippen LogP contribution in [0.5, 0.6) is 0 Å². The highest BCUT2D eigenvalue weighted by atomic mass is 16.7. The van der Waals surface area contributed by atoms with Gasteiger partial charge in [-0.1, -0.05) is 30.8 Å². The van der Waals surface area contributed by atoms with Crippen molar-refractivity contribution < 1.29 is 9.31 Å². The first-order valence-electron chi connectivity index (χ1n) is 7.92. The summed E-state index contributed by atoms with van der Waals surface area (Å²) < 4.78 is 12.2. The van der Waals surface area contributed by atoms with Gasteiger partial charge in [0, 0.05) is 0 Å². The average Bonchev–Trinajstić information content (AvgIpc) is 2.55. The van der Waals surface area contributed by atoms with Gasteiger partial charge in [-0.3, -0.25) is 0 Å². The molecule has 0 aromatic heterocycles. The van der Waals surface area contributed by atoms with Crippen molar-refractivity contribution in [1.82, 2.24) is 0 Å². The van der Waals surface area contributed by atoms with Crippen molar-refractivity contribution in [3.63, 3.8) is 0 Å². The van der Waals surface area contributed by atoms with Crippen molar-refractivity contribution in [1.29, 1.82) is 0 Å². The topological polar surface area (TPSA) is 18.5 Å². The third kappa shape index (κ3) is 2.19. The molecule has 0 amide bonds. The highest BCUT2D eigenvalue weighted by Gasteiger charge is 2.51. The molecule has 2 nitrogen and oxygen atoms in total. The van der Waals surface area contributed by atoms with Gasteiger partial charge in [0.15, 0.2) is 0 Å². The lowest BCUT2D eigenvalue weighted by Crippen LogP contribution is -2.41. The quantitative estimate of drug-likeness (QED) is 0.656. The van der Waals surface area contributed by atoms with Crippen LogP contribution in [0.2, 0.25) is 0 Å². The smallest absolute Gasteiger partial charge is 0.400 e. The Hall–Kier alpha value is -0.275. The third-order valence-corrected chi connectivity index (χ3v) is 5.97. The van der Waals surface area contributed by atoms with E-state index in [1.54, 1.807) is 5.57 Å². The Morgan fingerprint density at radius 1 is 0.895 bits per heavy atom. The van der Waals surface area contributed by atoms with E-state index in [9.17, 15) is 0 Å². The van der Waals surface area contributed by atoms with Crippen LogP contribution in [-0.2, 0) is 9.31 Å². The first-order valence-corrected chi connectivity index (χ1v) is 7.92. The van der Waals surface area contributed by atoms with Gasteiger partial charge in [0.1, 0.15) is 0 Å². The van der Waals surface area contributed by atoms with E-state index in [4.69, 9.17) is 9.31 Å². The fraction of sp³-hybridized carbons (Fsp3) is 0.875. The van der Waals surface area contributed by atoms with Crippen molar-refractivity contribution in [2.75, 3.05) is 0 Å². The van der Waals surface area contributed by atoms with Gasteiger partial charge < -0.3 is 9.31 Å². The molecule has 0 N–H and O–H groups in total. The summed E-state index contributed by atoms with van der Waals surface area (Å²) in [4.78, 5) is 0. The molecule has 0 bridgehead atoms. The number of hydrogen-bond acceptors (Lipinski definition) is 2. The predicted molar refractivity (Wildman–Crippen MR) is 78.9 cm³/mol. The van der Waals surface area contributed by atoms with Crippen LogP contribution in [0.1, 0.15) is 72.6 Å². The molecule has 0 aromatic carbocycles. The molecule has 3 aliphatic rings. The summed E-state index contributed by atoms with van der Waals surface area (Å²) >= 11 is 0. The second kappa shape index (κ2) is 4.36. The summed E-state index contributed by atoms with van der Waals surface area (Å²) in [6, 6.07) is 0. The van der Waals surface area contributed by atoms with Gasteiger partial charge in [0.2, 0.25) is 0 Å². The van der Waals surface area contributed by atoms with E-state index in [-0.39, 0.29) is 18.3 Å². The molecule has 3 heteroatoms. The van der Waals surface area contributed by atoms with Crippen molar-refractivity contribution in [3.8, 4) is 0 Å². The lowest BCUT2D eigenvalue weighted by atomic mass is 9.55. The van der Waals surface area contributed by atoms with Gasteiger partial charge >= 0.3 is 7.12 Å². The van der Waals surface area contributed by atoms with Crippen LogP contribution < -0.4 is 0 Å². The molecule has 1 aliphatic heterocycles. The zero-order valence-corrected chi connectivity index (χ0v) is 12.9. The molecule has 3 rings (SSSR count). The minimum absolute atomic E-state index is 0.140. The Morgan fingerprint density at radius 2 is 1.47 bits per heavy atom. The van der Waals surface area contributed by atoms with E-state index in [2.05, 4.69) is 33.7 Å². The molecule has 0 unspecified atom stereocenters. The molecule has 1 spiro atoms. The highest BCUT2D eigenvalue weighted by molar-refractivity contribution is 6.51. The number of rotatable bonds is 1. The molecule has 3 fully saturated rings. The Bertz CT molecular complexity index is 376. The highest BCUT2D eigenvalue weighted by Crippen LogP contribution is 2.56. The van der Waals surface area contributed by atoms with Crippen molar-refractivity contribution in [3.05, 3.63) is 11.5 Å². The molecule has 0 aromatic rings. The monoisotopic (exact) mass is 262 g/mol. The molecule has 1 saturated heterocycles. The van der Waals surface area contributed by atoms with E-state index in [0.29, 0.717) is 5.41 Å². The Kier molecular flexibility index (Phi) is 3.14. The van der Waals surface area contributed by atoms with E-state index in [1.807, 2.05) is 0 Å². The van der Waals surface area contributed by atoms with Gasteiger partial charge in [0.25, 0.3) is 0 Å². The molecule has 2 aliphatic carbocycles. The van der Waals surface area contributed by atoms with Crippen LogP contribution in [0.25, 0.3) is 0 Å². The average molecular weight is 262 g/mol. The van der Waals surface area contributed by atoms with Crippen molar-refractivity contribution in [2.24, 2.45) is 5.41 Å². The Morgan fingerprint density at radius 3 is 1.95 bits per heavy atom. The summed E-state index contributed by atoms with van der Waals surface area (Å²) in [5.74, 6) is 2.30. The number of hydrogen-bond donors (Lipinski definition) is 0. The van der Waals surface area contributed by atoms with Crippen LogP contribution in [0.3, 0.4) is 0 Å². The van der Waals surface area contributed by atoms with E-state index < -0.39 is 0 Å². The molecule has 106 valence electrons. The molecule has 19 heavy (non-hydrogen) atoms. The normalized spacial score (nSPS) is 33.7. The molecule has 1 heterocycles. The maximum atomic E-state index is 6.11. The van der Waals surface area contributed by atoms with Crippen LogP contribution in [0, 0.1) is 5.41 Å². The second-order valence-electron chi connectivity index (χ2n) is 7.66. The fourth-order valence-electron chi connectivity index (χ4n) is 3.80. The lowest BCUT2D eigenvalue weighted by molar-refractivity contribution is 0.00578. The third-order valence-electron chi connectivity index (χ3n) is 5.97. The van der Waals surface area contributed by atoms with E-state index >= 15 is 0 Å². The second-order valence-corrected chi connectivity index (χ2v) is 7.66. The minimum atomic E-state index is -0.210. The Labute approximate surface area is 118 Å². The lowest BCUT2D eigenvalue weighted by Gasteiger charge is -2.48. The summed E-state index contributed by atoms with van der Waals surface area (Å²) in [7, 11) is -0.140. The van der Waals surface area contributed by atoms with Crippen molar-refractivity contribution >= 4 is 7.12 Å². The van der Waals surface area contributed by atoms with Gasteiger partial charge in [-0.25, -0.2) is 0 Å². The zero-order valence-electron chi connectivity index (χ0n) is 12.9. The number of allylic oxidation sites excluding steroid dienone is 1. The molecule has 0 atom stereocenters. The van der Waals surface area contributed by atoms with Gasteiger partial charge in [-0.15, -0.1) is 0 Å². The summed E-state index contributed by atoms with van der Waals surface area (Å²) in [6.45, 7) is 8.51. The summed E-state index contributed by atoms with van der Waals surface area (Å²) in [6.07, 6.45) is 9.64. The van der Waals surface area contributed by atoms with Crippen LogP contribution >= 0.6 is 0 Å². The van der Waals surface area contributed by atoms with Crippen LogP contribution in [0.4, 0.5) is 0 Å². The van der Waals surface area contributed by atoms with Gasteiger partial charge in [-0.2, -0.15) is 0 Å². The molecular formula is C16H27BO2. The van der Waals surface area contributed by atoms with Gasteiger partial charge in [-0.05, 0) is 58.8 Å².